The van der Waals surface area contributed by atoms with E-state index in [4.69, 9.17) is 21.1 Å². The zero-order chi connectivity index (χ0) is 20.3. The zero-order valence-electron chi connectivity index (χ0n) is 14.7. The maximum absolute atomic E-state index is 12.3. The molecule has 1 unspecified atom stereocenters. The SMILES string of the molecule is CC(OC(=O)C1=Cc2cc(Cl)ccc2OC1)C(=O)Nc1ccc([N+](=O)[O-])cc1. The molecular weight excluding hydrogens is 388 g/mol. The first-order valence-electron chi connectivity index (χ1n) is 8.22. The van der Waals surface area contributed by atoms with Crippen molar-refractivity contribution in [1.29, 1.82) is 0 Å². The van der Waals surface area contributed by atoms with E-state index in [-0.39, 0.29) is 17.9 Å². The van der Waals surface area contributed by atoms with Gasteiger partial charge in [0, 0.05) is 28.4 Å². The number of hydrogen-bond acceptors (Lipinski definition) is 6. The van der Waals surface area contributed by atoms with E-state index in [0.717, 1.165) is 0 Å². The summed E-state index contributed by atoms with van der Waals surface area (Å²) in [6.07, 6.45) is 0.526. The summed E-state index contributed by atoms with van der Waals surface area (Å²) in [5.74, 6) is -0.648. The predicted molar refractivity (Wildman–Crippen MR) is 102 cm³/mol. The Labute approximate surface area is 164 Å². The smallest absolute Gasteiger partial charge is 0.338 e. The second-order valence-corrected chi connectivity index (χ2v) is 6.42. The van der Waals surface area contributed by atoms with Crippen molar-refractivity contribution < 1.29 is 24.0 Å². The number of nitrogens with zero attached hydrogens (tertiary/aromatic N) is 1. The van der Waals surface area contributed by atoms with Crippen molar-refractivity contribution in [1.82, 2.24) is 0 Å². The standard InChI is InChI=1S/C19H15ClN2O6/c1-11(18(23)21-15-3-5-16(6-4-15)22(25)26)28-19(24)13-8-12-9-14(20)2-7-17(12)27-10-13/h2-9,11H,10H2,1H3,(H,21,23). The maximum Gasteiger partial charge on any atom is 0.338 e. The van der Waals surface area contributed by atoms with Crippen LogP contribution in [-0.4, -0.2) is 29.5 Å². The molecule has 1 aliphatic heterocycles. The molecule has 28 heavy (non-hydrogen) atoms. The van der Waals surface area contributed by atoms with E-state index in [1.807, 2.05) is 0 Å². The fraction of sp³-hybridized carbons (Fsp3) is 0.158. The molecule has 1 atom stereocenters. The summed E-state index contributed by atoms with van der Waals surface area (Å²) < 4.78 is 10.7. The molecule has 0 fully saturated rings. The number of fused-ring (bicyclic) bond motifs is 1. The molecule has 0 aliphatic carbocycles. The minimum absolute atomic E-state index is 0.0180. The second kappa shape index (κ2) is 8.10. The van der Waals surface area contributed by atoms with Crippen LogP contribution in [-0.2, 0) is 14.3 Å². The number of non-ortho nitro benzene ring substituents is 1. The van der Waals surface area contributed by atoms with E-state index in [1.54, 1.807) is 24.3 Å². The Balaban J connectivity index is 1.62. The number of carbonyl (C=O) groups excluding carboxylic acids is 2. The van der Waals surface area contributed by atoms with Gasteiger partial charge in [-0.1, -0.05) is 11.6 Å². The van der Waals surface area contributed by atoms with Crippen molar-refractivity contribution in [3.8, 4) is 5.75 Å². The van der Waals surface area contributed by atoms with Crippen molar-refractivity contribution in [3.05, 3.63) is 68.7 Å². The molecule has 9 heteroatoms. The Bertz CT molecular complexity index is 971. The first-order chi connectivity index (χ1) is 13.3. The number of anilines is 1. The molecule has 144 valence electrons. The van der Waals surface area contributed by atoms with Gasteiger partial charge in [-0.25, -0.2) is 4.79 Å². The van der Waals surface area contributed by atoms with Crippen LogP contribution >= 0.6 is 11.6 Å². The van der Waals surface area contributed by atoms with Crippen molar-refractivity contribution in [2.24, 2.45) is 0 Å². The van der Waals surface area contributed by atoms with Gasteiger partial charge in [0.05, 0.1) is 10.5 Å². The number of halogens is 1. The molecule has 1 N–H and O–H groups in total. The highest BCUT2D eigenvalue weighted by Crippen LogP contribution is 2.29. The van der Waals surface area contributed by atoms with Crippen molar-refractivity contribution >= 4 is 40.9 Å². The van der Waals surface area contributed by atoms with Gasteiger partial charge >= 0.3 is 5.97 Å². The Kier molecular flexibility index (Phi) is 5.60. The molecule has 1 heterocycles. The topological polar surface area (TPSA) is 108 Å². The molecule has 3 rings (SSSR count). The number of ether oxygens (including phenoxy) is 2. The Morgan fingerprint density at radius 3 is 2.64 bits per heavy atom. The Morgan fingerprint density at radius 1 is 1.25 bits per heavy atom. The van der Waals surface area contributed by atoms with Crippen LogP contribution in [0.3, 0.4) is 0 Å². The third-order valence-corrected chi connectivity index (χ3v) is 4.18. The Hall–Kier alpha value is -3.39. The third kappa shape index (κ3) is 4.47. The average molecular weight is 403 g/mol. The highest BCUT2D eigenvalue weighted by molar-refractivity contribution is 6.30. The fourth-order valence-electron chi connectivity index (χ4n) is 2.47. The number of rotatable bonds is 5. The molecule has 1 amide bonds. The summed E-state index contributed by atoms with van der Waals surface area (Å²) in [5.41, 5.74) is 1.16. The zero-order valence-corrected chi connectivity index (χ0v) is 15.4. The number of nitro groups is 1. The van der Waals surface area contributed by atoms with Gasteiger partial charge in [0.2, 0.25) is 0 Å². The van der Waals surface area contributed by atoms with Gasteiger partial charge in [0.1, 0.15) is 12.4 Å². The van der Waals surface area contributed by atoms with E-state index in [1.165, 1.54) is 31.2 Å². The first-order valence-corrected chi connectivity index (χ1v) is 8.60. The largest absolute Gasteiger partial charge is 0.488 e. The van der Waals surface area contributed by atoms with Gasteiger partial charge in [0.25, 0.3) is 11.6 Å². The highest BCUT2D eigenvalue weighted by Gasteiger charge is 2.23. The molecule has 2 aromatic rings. The molecule has 0 saturated carbocycles. The summed E-state index contributed by atoms with van der Waals surface area (Å²) in [5, 5.41) is 13.7. The normalized spacial score (nSPS) is 13.4. The highest BCUT2D eigenvalue weighted by atomic mass is 35.5. The molecule has 1 aliphatic rings. The fourth-order valence-corrected chi connectivity index (χ4v) is 2.65. The quantitative estimate of drug-likeness (QED) is 0.465. The number of esters is 1. The number of nitro benzene ring substituents is 1. The van der Waals surface area contributed by atoms with E-state index < -0.39 is 22.9 Å². The van der Waals surface area contributed by atoms with E-state index in [9.17, 15) is 19.7 Å². The Morgan fingerprint density at radius 2 is 1.96 bits per heavy atom. The summed E-state index contributed by atoms with van der Waals surface area (Å²) in [7, 11) is 0. The van der Waals surface area contributed by atoms with Gasteiger partial charge in [-0.15, -0.1) is 0 Å². The van der Waals surface area contributed by atoms with Crippen LogP contribution in [0.1, 0.15) is 12.5 Å². The van der Waals surface area contributed by atoms with Crippen LogP contribution in [0.25, 0.3) is 6.08 Å². The lowest BCUT2D eigenvalue weighted by atomic mass is 10.1. The number of hydrogen-bond donors (Lipinski definition) is 1. The number of nitrogens with one attached hydrogen (secondary N) is 1. The van der Waals surface area contributed by atoms with Crippen LogP contribution in [0.2, 0.25) is 5.02 Å². The number of amides is 1. The summed E-state index contributed by atoms with van der Waals surface area (Å²) >= 11 is 5.94. The van der Waals surface area contributed by atoms with Crippen LogP contribution in [0.4, 0.5) is 11.4 Å². The van der Waals surface area contributed by atoms with E-state index in [0.29, 0.717) is 22.0 Å². The average Bonchev–Trinajstić information content (AvgIpc) is 2.67. The first kappa shape index (κ1) is 19.4. The van der Waals surface area contributed by atoms with Gasteiger partial charge in [-0.3, -0.25) is 14.9 Å². The summed E-state index contributed by atoms with van der Waals surface area (Å²) in [4.78, 5) is 34.6. The number of carbonyl (C=O) groups is 2. The lowest BCUT2D eigenvalue weighted by Gasteiger charge is -2.19. The molecule has 0 radical (unpaired) electrons. The molecule has 0 spiro atoms. The van der Waals surface area contributed by atoms with Crippen LogP contribution in [0.15, 0.2) is 48.0 Å². The molecule has 0 bridgehead atoms. The number of benzene rings is 2. The van der Waals surface area contributed by atoms with Crippen LogP contribution in [0.5, 0.6) is 5.75 Å². The predicted octanol–water partition coefficient (Wildman–Crippen LogP) is 3.59. The molecular formula is C19H15ClN2O6. The minimum atomic E-state index is -1.08. The van der Waals surface area contributed by atoms with Crippen molar-refractivity contribution in [3.63, 3.8) is 0 Å². The third-order valence-electron chi connectivity index (χ3n) is 3.95. The summed E-state index contributed by atoms with van der Waals surface area (Å²) in [6, 6.07) is 10.4. The van der Waals surface area contributed by atoms with Gasteiger partial charge in [-0.05, 0) is 43.3 Å². The molecule has 8 nitrogen and oxygen atoms in total. The molecule has 0 saturated heterocycles. The van der Waals surface area contributed by atoms with Gasteiger partial charge in [-0.2, -0.15) is 0 Å². The lowest BCUT2D eigenvalue weighted by molar-refractivity contribution is -0.384. The second-order valence-electron chi connectivity index (χ2n) is 5.98. The van der Waals surface area contributed by atoms with Gasteiger partial charge in [0.15, 0.2) is 6.10 Å². The van der Waals surface area contributed by atoms with Crippen molar-refractivity contribution in [2.45, 2.75) is 13.0 Å². The molecule has 2 aromatic carbocycles. The lowest BCUT2D eigenvalue weighted by Crippen LogP contribution is -2.31. The van der Waals surface area contributed by atoms with Crippen molar-refractivity contribution in [2.75, 3.05) is 11.9 Å². The summed E-state index contributed by atoms with van der Waals surface area (Å²) in [6.45, 7) is 1.44. The maximum atomic E-state index is 12.3. The monoisotopic (exact) mass is 402 g/mol. The van der Waals surface area contributed by atoms with E-state index >= 15 is 0 Å². The van der Waals surface area contributed by atoms with Crippen LogP contribution < -0.4 is 10.1 Å². The van der Waals surface area contributed by atoms with Gasteiger partial charge < -0.3 is 14.8 Å². The minimum Gasteiger partial charge on any atom is -0.488 e. The molecule has 0 aromatic heterocycles. The van der Waals surface area contributed by atoms with Crippen LogP contribution in [0, 0.1) is 10.1 Å². The van der Waals surface area contributed by atoms with E-state index in [2.05, 4.69) is 5.32 Å².